The maximum absolute atomic E-state index is 11.0. The minimum absolute atomic E-state index is 0.367. The topological polar surface area (TPSA) is 55.1 Å². The molecule has 3 N–H and O–H groups in total. The number of rotatable bonds is 5. The van der Waals surface area contributed by atoms with E-state index in [9.17, 15) is 4.79 Å². The van der Waals surface area contributed by atoms with Crippen LogP contribution in [0.1, 0.15) is 35.2 Å². The van der Waals surface area contributed by atoms with E-state index in [2.05, 4.69) is 11.6 Å². The van der Waals surface area contributed by atoms with Crippen LogP contribution in [0.4, 0.5) is 0 Å². The van der Waals surface area contributed by atoms with Gasteiger partial charge in [-0.1, -0.05) is 12.1 Å². The molecule has 0 radical (unpaired) electrons. The molecule has 18 heavy (non-hydrogen) atoms. The summed E-state index contributed by atoms with van der Waals surface area (Å²) in [4.78, 5) is 11.0. The zero-order valence-corrected chi connectivity index (χ0v) is 11.5. The summed E-state index contributed by atoms with van der Waals surface area (Å²) < 4.78 is 0. The molecule has 2 unspecified atom stereocenters. The molecule has 1 amide bonds. The lowest BCUT2D eigenvalue weighted by Crippen LogP contribution is -2.26. The maximum Gasteiger partial charge on any atom is 0.248 e. The Morgan fingerprint density at radius 1 is 1.39 bits per heavy atom. The van der Waals surface area contributed by atoms with Crippen LogP contribution in [0.5, 0.6) is 0 Å². The van der Waals surface area contributed by atoms with Crippen molar-refractivity contribution >= 4 is 17.7 Å². The third-order valence-corrected chi connectivity index (χ3v) is 4.65. The van der Waals surface area contributed by atoms with E-state index in [-0.39, 0.29) is 5.91 Å². The predicted octanol–water partition coefficient (Wildman–Crippen LogP) is 2.16. The van der Waals surface area contributed by atoms with Gasteiger partial charge in [0.2, 0.25) is 5.91 Å². The van der Waals surface area contributed by atoms with Gasteiger partial charge < -0.3 is 11.1 Å². The fourth-order valence-electron chi connectivity index (χ4n) is 2.39. The second-order valence-corrected chi connectivity index (χ2v) is 5.95. The first-order valence-corrected chi connectivity index (χ1v) is 7.62. The summed E-state index contributed by atoms with van der Waals surface area (Å²) in [7, 11) is 0. The molecule has 4 heteroatoms. The third kappa shape index (κ3) is 3.50. The number of amides is 1. The van der Waals surface area contributed by atoms with E-state index in [4.69, 9.17) is 5.73 Å². The zero-order chi connectivity index (χ0) is 13.0. The molecule has 0 bridgehead atoms. The highest BCUT2D eigenvalue weighted by molar-refractivity contribution is 7.99. The standard InChI is InChI=1S/C14H20N2OS/c1-18-13-7-6-12(8-13)16-9-10-2-4-11(5-3-10)14(15)17/h2-5,12-13,16H,6-9H2,1H3,(H2,15,17). The number of hydrogen-bond acceptors (Lipinski definition) is 3. The minimum atomic E-state index is -0.367. The van der Waals surface area contributed by atoms with Gasteiger partial charge in [-0.15, -0.1) is 0 Å². The van der Waals surface area contributed by atoms with Crippen LogP contribution in [-0.2, 0) is 6.54 Å². The summed E-state index contributed by atoms with van der Waals surface area (Å²) in [5, 5.41) is 4.40. The normalized spacial score (nSPS) is 23.2. The largest absolute Gasteiger partial charge is 0.366 e. The second kappa shape index (κ2) is 6.25. The molecule has 2 atom stereocenters. The number of thioether (sulfide) groups is 1. The van der Waals surface area contributed by atoms with E-state index in [1.165, 1.54) is 24.8 Å². The molecule has 1 aromatic carbocycles. The summed E-state index contributed by atoms with van der Waals surface area (Å²) in [5.74, 6) is -0.367. The minimum Gasteiger partial charge on any atom is -0.366 e. The Morgan fingerprint density at radius 2 is 2.11 bits per heavy atom. The Kier molecular flexibility index (Phi) is 4.66. The average molecular weight is 264 g/mol. The number of primary amides is 1. The van der Waals surface area contributed by atoms with Gasteiger partial charge in [0.05, 0.1) is 0 Å². The first kappa shape index (κ1) is 13.4. The number of carbonyl (C=O) groups is 1. The van der Waals surface area contributed by atoms with E-state index < -0.39 is 0 Å². The molecule has 3 nitrogen and oxygen atoms in total. The maximum atomic E-state index is 11.0. The van der Waals surface area contributed by atoms with Crippen molar-refractivity contribution in [2.45, 2.75) is 37.1 Å². The lowest BCUT2D eigenvalue weighted by molar-refractivity contribution is 0.100. The number of nitrogens with two attached hydrogens (primary N) is 1. The lowest BCUT2D eigenvalue weighted by Gasteiger charge is -2.12. The Bertz CT molecular complexity index is 405. The Morgan fingerprint density at radius 3 is 2.67 bits per heavy atom. The molecule has 0 aromatic heterocycles. The van der Waals surface area contributed by atoms with E-state index in [1.807, 2.05) is 23.9 Å². The molecule has 0 saturated heterocycles. The Balaban J connectivity index is 1.82. The van der Waals surface area contributed by atoms with Gasteiger partial charge in [-0.05, 0) is 43.2 Å². The van der Waals surface area contributed by atoms with Crippen molar-refractivity contribution in [2.24, 2.45) is 5.73 Å². The fraction of sp³-hybridized carbons (Fsp3) is 0.500. The second-order valence-electron chi connectivity index (χ2n) is 4.81. The average Bonchev–Trinajstić information content (AvgIpc) is 2.85. The third-order valence-electron chi connectivity index (χ3n) is 3.55. The van der Waals surface area contributed by atoms with Crippen LogP contribution >= 0.6 is 11.8 Å². The summed E-state index contributed by atoms with van der Waals surface area (Å²) in [6, 6.07) is 8.15. The van der Waals surface area contributed by atoms with E-state index in [0.29, 0.717) is 11.6 Å². The van der Waals surface area contributed by atoms with Crippen molar-refractivity contribution in [3.63, 3.8) is 0 Å². The molecule has 1 aromatic rings. The van der Waals surface area contributed by atoms with Gasteiger partial charge >= 0.3 is 0 Å². The molecular weight excluding hydrogens is 244 g/mol. The van der Waals surface area contributed by atoms with Crippen LogP contribution in [0.2, 0.25) is 0 Å². The van der Waals surface area contributed by atoms with Crippen molar-refractivity contribution in [2.75, 3.05) is 6.26 Å². The van der Waals surface area contributed by atoms with Crippen LogP contribution in [0.25, 0.3) is 0 Å². The molecule has 2 rings (SSSR count). The molecular formula is C14H20N2OS. The molecule has 1 saturated carbocycles. The first-order chi connectivity index (χ1) is 8.69. The monoisotopic (exact) mass is 264 g/mol. The van der Waals surface area contributed by atoms with E-state index in [1.54, 1.807) is 12.1 Å². The van der Waals surface area contributed by atoms with Gasteiger partial charge in [0.1, 0.15) is 0 Å². The van der Waals surface area contributed by atoms with Crippen molar-refractivity contribution < 1.29 is 4.79 Å². The number of nitrogens with one attached hydrogen (secondary N) is 1. The quantitative estimate of drug-likeness (QED) is 0.857. The van der Waals surface area contributed by atoms with Crippen molar-refractivity contribution in [3.8, 4) is 0 Å². The highest BCUT2D eigenvalue weighted by atomic mass is 32.2. The first-order valence-electron chi connectivity index (χ1n) is 6.34. The molecule has 1 aliphatic carbocycles. The van der Waals surface area contributed by atoms with Gasteiger partial charge in [-0.2, -0.15) is 11.8 Å². The molecule has 0 heterocycles. The van der Waals surface area contributed by atoms with Crippen LogP contribution in [0, 0.1) is 0 Å². The highest BCUT2D eigenvalue weighted by Gasteiger charge is 2.23. The van der Waals surface area contributed by atoms with Gasteiger partial charge in [0, 0.05) is 23.4 Å². The number of carbonyl (C=O) groups excluding carboxylic acids is 1. The smallest absolute Gasteiger partial charge is 0.248 e. The molecule has 1 aliphatic rings. The van der Waals surface area contributed by atoms with Crippen LogP contribution < -0.4 is 11.1 Å². The van der Waals surface area contributed by atoms with Crippen molar-refractivity contribution in [3.05, 3.63) is 35.4 Å². The van der Waals surface area contributed by atoms with Crippen molar-refractivity contribution in [1.82, 2.24) is 5.32 Å². The van der Waals surface area contributed by atoms with Gasteiger partial charge in [-0.3, -0.25) is 4.79 Å². The molecule has 1 fully saturated rings. The molecule has 0 spiro atoms. The van der Waals surface area contributed by atoms with Crippen LogP contribution in [-0.4, -0.2) is 23.5 Å². The summed E-state index contributed by atoms with van der Waals surface area (Å²) >= 11 is 1.97. The number of hydrogen-bond donors (Lipinski definition) is 2. The van der Waals surface area contributed by atoms with Crippen LogP contribution in [0.15, 0.2) is 24.3 Å². The Hall–Kier alpha value is -1.00. The fourth-order valence-corrected chi connectivity index (χ4v) is 3.19. The number of benzene rings is 1. The van der Waals surface area contributed by atoms with Gasteiger partial charge in [0.25, 0.3) is 0 Å². The zero-order valence-electron chi connectivity index (χ0n) is 10.7. The summed E-state index contributed by atoms with van der Waals surface area (Å²) in [6.45, 7) is 0.866. The van der Waals surface area contributed by atoms with Gasteiger partial charge in [-0.25, -0.2) is 0 Å². The molecule has 0 aliphatic heterocycles. The van der Waals surface area contributed by atoms with Crippen LogP contribution in [0.3, 0.4) is 0 Å². The SMILES string of the molecule is CSC1CCC(NCc2ccc(C(N)=O)cc2)C1. The highest BCUT2D eigenvalue weighted by Crippen LogP contribution is 2.28. The van der Waals surface area contributed by atoms with E-state index in [0.717, 1.165) is 11.8 Å². The lowest BCUT2D eigenvalue weighted by atomic mass is 10.1. The Labute approximate surface area is 113 Å². The van der Waals surface area contributed by atoms with E-state index >= 15 is 0 Å². The summed E-state index contributed by atoms with van der Waals surface area (Å²) in [6.07, 6.45) is 6.04. The molecule has 98 valence electrons. The summed E-state index contributed by atoms with van der Waals surface area (Å²) in [5.41, 5.74) is 6.98. The van der Waals surface area contributed by atoms with Crippen molar-refractivity contribution in [1.29, 1.82) is 0 Å². The predicted molar refractivity (Wildman–Crippen MR) is 76.7 cm³/mol. The van der Waals surface area contributed by atoms with Gasteiger partial charge in [0.15, 0.2) is 0 Å².